The third-order valence-corrected chi connectivity index (χ3v) is 3.74. The molecule has 1 aromatic rings. The van der Waals surface area contributed by atoms with E-state index in [1.54, 1.807) is 33.5 Å². The number of nitrogens with one attached hydrogen (secondary N) is 2. The maximum absolute atomic E-state index is 12.3. The van der Waals surface area contributed by atoms with Crippen LogP contribution < -0.4 is 24.8 Å². The fraction of sp³-hybridized carbons (Fsp3) is 0.471. The second-order valence-electron chi connectivity index (χ2n) is 5.26. The number of rotatable bonds is 6. The van der Waals surface area contributed by atoms with Crippen LogP contribution in [-0.2, 0) is 4.79 Å². The highest BCUT2D eigenvalue weighted by atomic mass is 16.5. The number of ketones is 1. The van der Waals surface area contributed by atoms with Crippen molar-refractivity contribution < 1.29 is 19.0 Å². The number of carbonyl (C=O) groups is 1. The van der Waals surface area contributed by atoms with Crippen molar-refractivity contribution in [1.82, 2.24) is 10.6 Å². The number of hydrogen-bond acceptors (Lipinski definition) is 6. The average molecular weight is 320 g/mol. The Morgan fingerprint density at radius 3 is 2.43 bits per heavy atom. The molecule has 1 aliphatic heterocycles. The molecule has 1 aromatic carbocycles. The van der Waals surface area contributed by atoms with Crippen molar-refractivity contribution in [3.63, 3.8) is 0 Å². The number of methoxy groups -OCH3 is 3. The van der Waals surface area contributed by atoms with Gasteiger partial charge in [-0.3, -0.25) is 4.79 Å². The molecule has 0 spiro atoms. The van der Waals surface area contributed by atoms with E-state index in [9.17, 15) is 4.79 Å². The fourth-order valence-electron chi connectivity index (χ4n) is 2.50. The molecule has 126 valence electrons. The van der Waals surface area contributed by atoms with E-state index in [0.717, 1.165) is 25.1 Å². The zero-order chi connectivity index (χ0) is 16.7. The van der Waals surface area contributed by atoms with Crippen molar-refractivity contribution in [3.05, 3.63) is 23.8 Å². The van der Waals surface area contributed by atoms with Crippen molar-refractivity contribution >= 4 is 11.9 Å². The third-order valence-electron chi connectivity index (χ3n) is 3.74. The van der Waals surface area contributed by atoms with Crippen LogP contribution in [0.4, 0.5) is 0 Å². The van der Waals surface area contributed by atoms with E-state index in [-0.39, 0.29) is 11.8 Å². The van der Waals surface area contributed by atoms with E-state index in [1.165, 1.54) is 0 Å². The van der Waals surface area contributed by atoms with E-state index < -0.39 is 0 Å². The van der Waals surface area contributed by atoms with Crippen LogP contribution in [0.3, 0.4) is 0 Å². The zero-order valence-corrected chi connectivity index (χ0v) is 13.8. The molecule has 0 aliphatic carbocycles. The summed E-state index contributed by atoms with van der Waals surface area (Å²) >= 11 is 0. The second kappa shape index (κ2) is 8.55. The lowest BCUT2D eigenvalue weighted by Crippen LogP contribution is -2.41. The second-order valence-corrected chi connectivity index (χ2v) is 5.26. The molecular formula is C17H24N2O4. The van der Waals surface area contributed by atoms with Crippen molar-refractivity contribution in [2.24, 2.45) is 0 Å². The smallest absolute Gasteiger partial charge is 0.203 e. The van der Waals surface area contributed by atoms with Gasteiger partial charge in [0.15, 0.2) is 17.3 Å². The monoisotopic (exact) mass is 320 g/mol. The molecular weight excluding hydrogens is 296 g/mol. The predicted molar refractivity (Wildman–Crippen MR) is 89.4 cm³/mol. The van der Waals surface area contributed by atoms with Crippen molar-refractivity contribution in [2.75, 3.05) is 41.0 Å². The Morgan fingerprint density at radius 1 is 1.13 bits per heavy atom. The van der Waals surface area contributed by atoms with Gasteiger partial charge < -0.3 is 24.8 Å². The molecule has 0 aromatic heterocycles. The molecule has 1 heterocycles. The SMILES string of the molecule is COc1cc(/C=C/C(=O)C2CNCCCN2)cc(OC)c1OC. The first-order chi connectivity index (χ1) is 11.2. The Hall–Kier alpha value is -2.05. The van der Waals surface area contributed by atoms with Gasteiger partial charge in [-0.2, -0.15) is 0 Å². The molecule has 2 N–H and O–H groups in total. The molecule has 6 nitrogen and oxygen atoms in total. The first kappa shape index (κ1) is 17.3. The molecule has 1 unspecified atom stereocenters. The molecule has 1 fully saturated rings. The minimum absolute atomic E-state index is 0.0492. The summed E-state index contributed by atoms with van der Waals surface area (Å²) in [6.45, 7) is 2.44. The Labute approximate surface area is 136 Å². The summed E-state index contributed by atoms with van der Waals surface area (Å²) in [4.78, 5) is 12.3. The first-order valence-corrected chi connectivity index (χ1v) is 7.65. The number of ether oxygens (including phenoxy) is 3. The molecule has 0 bridgehead atoms. The van der Waals surface area contributed by atoms with Gasteiger partial charge in [-0.15, -0.1) is 0 Å². The minimum Gasteiger partial charge on any atom is -0.493 e. The van der Waals surface area contributed by atoms with Crippen LogP contribution in [0.2, 0.25) is 0 Å². The number of carbonyl (C=O) groups excluding carboxylic acids is 1. The molecule has 0 saturated carbocycles. The Balaban J connectivity index is 2.16. The molecule has 6 heteroatoms. The first-order valence-electron chi connectivity index (χ1n) is 7.65. The summed E-state index contributed by atoms with van der Waals surface area (Å²) < 4.78 is 15.9. The third kappa shape index (κ3) is 4.46. The minimum atomic E-state index is -0.184. The van der Waals surface area contributed by atoms with Crippen LogP contribution in [0.25, 0.3) is 6.08 Å². The van der Waals surface area contributed by atoms with E-state index in [4.69, 9.17) is 14.2 Å². The lowest BCUT2D eigenvalue weighted by Gasteiger charge is -2.13. The highest BCUT2D eigenvalue weighted by Gasteiger charge is 2.17. The highest BCUT2D eigenvalue weighted by Crippen LogP contribution is 2.38. The summed E-state index contributed by atoms with van der Waals surface area (Å²) in [5.74, 6) is 1.71. The Morgan fingerprint density at radius 2 is 1.83 bits per heavy atom. The van der Waals surface area contributed by atoms with E-state index >= 15 is 0 Å². The zero-order valence-electron chi connectivity index (χ0n) is 13.8. The van der Waals surface area contributed by atoms with E-state index in [2.05, 4.69) is 10.6 Å². The van der Waals surface area contributed by atoms with Crippen LogP contribution in [0.1, 0.15) is 12.0 Å². The summed E-state index contributed by atoms with van der Waals surface area (Å²) in [5.41, 5.74) is 0.814. The highest BCUT2D eigenvalue weighted by molar-refractivity contribution is 5.98. The summed E-state index contributed by atoms with van der Waals surface area (Å²) in [7, 11) is 4.69. The van der Waals surface area contributed by atoms with Crippen LogP contribution >= 0.6 is 0 Å². The number of benzene rings is 1. The lowest BCUT2D eigenvalue weighted by molar-refractivity contribution is -0.116. The lowest BCUT2D eigenvalue weighted by atomic mass is 10.1. The van der Waals surface area contributed by atoms with E-state index in [0.29, 0.717) is 23.8 Å². The topological polar surface area (TPSA) is 68.8 Å². The largest absolute Gasteiger partial charge is 0.493 e. The molecule has 2 rings (SSSR count). The van der Waals surface area contributed by atoms with Crippen LogP contribution in [0, 0.1) is 0 Å². The normalized spacial score (nSPS) is 18.5. The standard InChI is InChI=1S/C17H24N2O4/c1-21-15-9-12(10-16(22-2)17(15)23-3)5-6-14(20)13-11-18-7-4-8-19-13/h5-6,9-10,13,18-19H,4,7-8,11H2,1-3H3/b6-5+. The summed E-state index contributed by atoms with van der Waals surface area (Å²) in [5, 5.41) is 6.50. The predicted octanol–water partition coefficient (Wildman–Crippen LogP) is 1.25. The quantitative estimate of drug-likeness (QED) is 0.769. The van der Waals surface area contributed by atoms with Gasteiger partial charge >= 0.3 is 0 Å². The summed E-state index contributed by atoms with van der Waals surface area (Å²) in [6.07, 6.45) is 4.38. The Bertz CT molecular complexity index is 539. The van der Waals surface area contributed by atoms with Crippen molar-refractivity contribution in [1.29, 1.82) is 0 Å². The maximum Gasteiger partial charge on any atom is 0.203 e. The van der Waals surface area contributed by atoms with Gasteiger partial charge in [0.2, 0.25) is 5.75 Å². The molecule has 0 radical (unpaired) electrons. The molecule has 1 atom stereocenters. The summed E-state index contributed by atoms with van der Waals surface area (Å²) in [6, 6.07) is 3.43. The van der Waals surface area contributed by atoms with Gasteiger partial charge in [0.1, 0.15) is 0 Å². The van der Waals surface area contributed by atoms with Gasteiger partial charge in [0.25, 0.3) is 0 Å². The maximum atomic E-state index is 12.3. The average Bonchev–Trinajstić information content (AvgIpc) is 2.87. The van der Waals surface area contributed by atoms with Gasteiger partial charge in [0, 0.05) is 6.54 Å². The Kier molecular flexibility index (Phi) is 6.43. The number of hydrogen-bond donors (Lipinski definition) is 2. The van der Waals surface area contributed by atoms with Gasteiger partial charge in [-0.1, -0.05) is 6.08 Å². The van der Waals surface area contributed by atoms with E-state index in [1.807, 2.05) is 12.1 Å². The fourth-order valence-corrected chi connectivity index (χ4v) is 2.50. The van der Waals surface area contributed by atoms with Crippen LogP contribution in [-0.4, -0.2) is 52.8 Å². The van der Waals surface area contributed by atoms with Crippen molar-refractivity contribution in [2.45, 2.75) is 12.5 Å². The molecule has 1 saturated heterocycles. The van der Waals surface area contributed by atoms with Crippen LogP contribution in [0.5, 0.6) is 17.2 Å². The van der Waals surface area contributed by atoms with Gasteiger partial charge in [-0.05, 0) is 43.3 Å². The molecule has 1 aliphatic rings. The van der Waals surface area contributed by atoms with Gasteiger partial charge in [0.05, 0.1) is 27.4 Å². The molecule has 0 amide bonds. The van der Waals surface area contributed by atoms with Crippen LogP contribution in [0.15, 0.2) is 18.2 Å². The molecule has 23 heavy (non-hydrogen) atoms. The van der Waals surface area contributed by atoms with Gasteiger partial charge in [-0.25, -0.2) is 0 Å². The van der Waals surface area contributed by atoms with Crippen molar-refractivity contribution in [3.8, 4) is 17.2 Å².